The summed E-state index contributed by atoms with van der Waals surface area (Å²) in [5, 5.41) is 3.39. The van der Waals surface area contributed by atoms with Crippen molar-refractivity contribution in [3.8, 4) is 11.1 Å². The van der Waals surface area contributed by atoms with Gasteiger partial charge in [-0.25, -0.2) is 0 Å². The molecule has 0 radical (unpaired) electrons. The van der Waals surface area contributed by atoms with E-state index in [1.807, 2.05) is 4.90 Å². The highest BCUT2D eigenvalue weighted by molar-refractivity contribution is 5.79. The number of nitrogens with one attached hydrogen (secondary N) is 1. The molecule has 1 aliphatic rings. The fourth-order valence-corrected chi connectivity index (χ4v) is 3.36. The molecule has 1 atom stereocenters. The second-order valence-electron chi connectivity index (χ2n) is 6.59. The molecule has 1 heterocycles. The molecule has 1 aliphatic heterocycles. The van der Waals surface area contributed by atoms with Gasteiger partial charge in [-0.05, 0) is 37.0 Å². The standard InChI is InChI=1S/C21H26N2O/c1-3-23-12-11-22-15-20(21(23)24)14-17-7-9-18(10-8-17)19-6-4-5-16(2)13-19/h4-10,13,20,22H,3,11-12,14-15H2,1-2H3/t20-/m0/s1. The van der Waals surface area contributed by atoms with Crippen molar-refractivity contribution in [3.05, 3.63) is 59.7 Å². The lowest BCUT2D eigenvalue weighted by Gasteiger charge is -2.22. The Morgan fingerprint density at radius 3 is 2.62 bits per heavy atom. The molecule has 24 heavy (non-hydrogen) atoms. The van der Waals surface area contributed by atoms with Crippen molar-refractivity contribution < 1.29 is 4.79 Å². The van der Waals surface area contributed by atoms with Crippen LogP contribution in [0.5, 0.6) is 0 Å². The summed E-state index contributed by atoms with van der Waals surface area (Å²) in [4.78, 5) is 14.6. The maximum Gasteiger partial charge on any atom is 0.227 e. The number of likely N-dealkylation sites (N-methyl/N-ethyl adjacent to an activating group) is 1. The van der Waals surface area contributed by atoms with E-state index in [1.165, 1.54) is 22.3 Å². The second-order valence-corrected chi connectivity index (χ2v) is 6.59. The zero-order valence-corrected chi connectivity index (χ0v) is 14.6. The van der Waals surface area contributed by atoms with Crippen LogP contribution in [0.1, 0.15) is 18.1 Å². The van der Waals surface area contributed by atoms with Crippen molar-refractivity contribution in [2.75, 3.05) is 26.2 Å². The van der Waals surface area contributed by atoms with E-state index in [1.54, 1.807) is 0 Å². The lowest BCUT2D eigenvalue weighted by Crippen LogP contribution is -2.37. The number of carbonyl (C=O) groups is 1. The maximum absolute atomic E-state index is 12.6. The summed E-state index contributed by atoms with van der Waals surface area (Å²) in [7, 11) is 0. The van der Waals surface area contributed by atoms with Gasteiger partial charge in [0.2, 0.25) is 5.91 Å². The first-order chi connectivity index (χ1) is 11.7. The number of amides is 1. The molecule has 3 heteroatoms. The highest BCUT2D eigenvalue weighted by atomic mass is 16.2. The van der Waals surface area contributed by atoms with Crippen LogP contribution in [0.2, 0.25) is 0 Å². The molecule has 1 amide bonds. The first-order valence-electron chi connectivity index (χ1n) is 8.83. The van der Waals surface area contributed by atoms with Gasteiger partial charge in [-0.2, -0.15) is 0 Å². The average Bonchev–Trinajstić information content (AvgIpc) is 2.77. The Hall–Kier alpha value is -2.13. The third-order valence-electron chi connectivity index (χ3n) is 4.78. The van der Waals surface area contributed by atoms with E-state index in [0.29, 0.717) is 0 Å². The number of benzene rings is 2. The smallest absolute Gasteiger partial charge is 0.227 e. The molecular formula is C21H26N2O. The van der Waals surface area contributed by atoms with Gasteiger partial charge in [-0.1, -0.05) is 54.1 Å². The Morgan fingerprint density at radius 2 is 1.92 bits per heavy atom. The fourth-order valence-electron chi connectivity index (χ4n) is 3.36. The van der Waals surface area contributed by atoms with Gasteiger partial charge in [0, 0.05) is 26.2 Å². The molecule has 0 unspecified atom stereocenters. The summed E-state index contributed by atoms with van der Waals surface area (Å²) in [5.41, 5.74) is 4.96. The van der Waals surface area contributed by atoms with Gasteiger partial charge in [0.05, 0.1) is 5.92 Å². The minimum Gasteiger partial charge on any atom is -0.341 e. The zero-order chi connectivity index (χ0) is 16.9. The Balaban J connectivity index is 1.72. The van der Waals surface area contributed by atoms with Gasteiger partial charge < -0.3 is 10.2 Å². The molecule has 1 fully saturated rings. The van der Waals surface area contributed by atoms with Gasteiger partial charge in [0.1, 0.15) is 0 Å². The van der Waals surface area contributed by atoms with E-state index < -0.39 is 0 Å². The minimum atomic E-state index is 0.0391. The first kappa shape index (κ1) is 16.7. The van der Waals surface area contributed by atoms with E-state index in [9.17, 15) is 4.79 Å². The van der Waals surface area contributed by atoms with Crippen LogP contribution >= 0.6 is 0 Å². The van der Waals surface area contributed by atoms with Gasteiger partial charge in [0.15, 0.2) is 0 Å². The predicted octanol–water partition coefficient (Wildman–Crippen LogP) is 3.27. The predicted molar refractivity (Wildman–Crippen MR) is 98.9 cm³/mol. The summed E-state index contributed by atoms with van der Waals surface area (Å²) >= 11 is 0. The highest BCUT2D eigenvalue weighted by Crippen LogP contribution is 2.22. The molecule has 0 aliphatic carbocycles. The van der Waals surface area contributed by atoms with Crippen molar-refractivity contribution in [1.82, 2.24) is 10.2 Å². The Morgan fingerprint density at radius 1 is 1.12 bits per heavy atom. The van der Waals surface area contributed by atoms with E-state index in [-0.39, 0.29) is 11.8 Å². The molecule has 3 rings (SSSR count). The Bertz CT molecular complexity index is 693. The van der Waals surface area contributed by atoms with Crippen LogP contribution in [0, 0.1) is 12.8 Å². The van der Waals surface area contributed by atoms with E-state index in [0.717, 1.165) is 32.6 Å². The van der Waals surface area contributed by atoms with Crippen molar-refractivity contribution in [2.24, 2.45) is 5.92 Å². The number of nitrogens with zero attached hydrogens (tertiary/aromatic N) is 1. The second kappa shape index (κ2) is 7.63. The summed E-state index contributed by atoms with van der Waals surface area (Å²) in [6.45, 7) is 7.44. The van der Waals surface area contributed by atoms with Crippen LogP contribution in [0.4, 0.5) is 0 Å². The van der Waals surface area contributed by atoms with Crippen LogP contribution < -0.4 is 5.32 Å². The van der Waals surface area contributed by atoms with Crippen molar-refractivity contribution in [2.45, 2.75) is 20.3 Å². The lowest BCUT2D eigenvalue weighted by atomic mass is 9.95. The van der Waals surface area contributed by atoms with Gasteiger partial charge in [-0.3, -0.25) is 4.79 Å². The fraction of sp³-hybridized carbons (Fsp3) is 0.381. The van der Waals surface area contributed by atoms with Crippen molar-refractivity contribution in [3.63, 3.8) is 0 Å². The van der Waals surface area contributed by atoms with E-state index >= 15 is 0 Å². The summed E-state index contributed by atoms with van der Waals surface area (Å²) in [6, 6.07) is 17.2. The molecule has 2 aromatic rings. The minimum absolute atomic E-state index is 0.0391. The van der Waals surface area contributed by atoms with Crippen molar-refractivity contribution >= 4 is 5.91 Å². The van der Waals surface area contributed by atoms with Crippen LogP contribution in [0.25, 0.3) is 11.1 Å². The zero-order valence-electron chi connectivity index (χ0n) is 14.6. The molecule has 126 valence electrons. The number of rotatable bonds is 4. The number of carbonyl (C=O) groups excluding carboxylic acids is 1. The number of hydrogen-bond donors (Lipinski definition) is 1. The summed E-state index contributed by atoms with van der Waals surface area (Å²) in [6.07, 6.45) is 0.802. The Kier molecular flexibility index (Phi) is 5.31. The molecule has 0 aromatic heterocycles. The molecule has 0 bridgehead atoms. The third kappa shape index (κ3) is 3.85. The maximum atomic E-state index is 12.6. The molecule has 3 nitrogen and oxygen atoms in total. The number of hydrogen-bond acceptors (Lipinski definition) is 2. The SMILES string of the molecule is CCN1CCNC[C@H](Cc2ccc(-c3cccc(C)c3)cc2)C1=O. The summed E-state index contributed by atoms with van der Waals surface area (Å²) in [5.74, 6) is 0.322. The third-order valence-corrected chi connectivity index (χ3v) is 4.78. The molecule has 1 saturated heterocycles. The number of aryl methyl sites for hydroxylation is 1. The molecule has 0 spiro atoms. The lowest BCUT2D eigenvalue weighted by molar-refractivity contribution is -0.134. The molecule has 2 aromatic carbocycles. The van der Waals surface area contributed by atoms with Crippen LogP contribution in [0.3, 0.4) is 0 Å². The largest absolute Gasteiger partial charge is 0.341 e. The van der Waals surface area contributed by atoms with E-state index in [4.69, 9.17) is 0 Å². The van der Waals surface area contributed by atoms with Crippen LogP contribution in [-0.4, -0.2) is 37.0 Å². The topological polar surface area (TPSA) is 32.3 Å². The summed E-state index contributed by atoms with van der Waals surface area (Å²) < 4.78 is 0. The van der Waals surface area contributed by atoms with Crippen molar-refractivity contribution in [1.29, 1.82) is 0 Å². The average molecular weight is 322 g/mol. The normalized spacial score (nSPS) is 18.5. The first-order valence-corrected chi connectivity index (χ1v) is 8.83. The monoisotopic (exact) mass is 322 g/mol. The van der Waals surface area contributed by atoms with Gasteiger partial charge in [0.25, 0.3) is 0 Å². The molecule has 0 saturated carbocycles. The van der Waals surface area contributed by atoms with Crippen LogP contribution in [0.15, 0.2) is 48.5 Å². The molecular weight excluding hydrogens is 296 g/mol. The molecule has 1 N–H and O–H groups in total. The van der Waals surface area contributed by atoms with E-state index in [2.05, 4.69) is 67.7 Å². The van der Waals surface area contributed by atoms with Gasteiger partial charge in [-0.15, -0.1) is 0 Å². The van der Waals surface area contributed by atoms with Gasteiger partial charge >= 0.3 is 0 Å². The highest BCUT2D eigenvalue weighted by Gasteiger charge is 2.25. The Labute approximate surface area is 144 Å². The van der Waals surface area contributed by atoms with Crippen LogP contribution in [-0.2, 0) is 11.2 Å². The quantitative estimate of drug-likeness (QED) is 0.937.